The topological polar surface area (TPSA) is 105 Å². The summed E-state index contributed by atoms with van der Waals surface area (Å²) in [4.78, 5) is 0. The van der Waals surface area contributed by atoms with Gasteiger partial charge in [-0.05, 0) is 51.4 Å². The van der Waals surface area contributed by atoms with Crippen molar-refractivity contribution in [3.8, 4) is 0 Å². The van der Waals surface area contributed by atoms with Crippen LogP contribution in [0, 0.1) is 0 Å². The van der Waals surface area contributed by atoms with Gasteiger partial charge in [0.25, 0.3) is 0 Å². The molecule has 0 aliphatic carbocycles. The summed E-state index contributed by atoms with van der Waals surface area (Å²) >= 11 is -1.75. The molecule has 0 bridgehead atoms. The Kier molecular flexibility index (Phi) is 31.0. The Bertz CT molecular complexity index is 203. The predicted octanol–water partition coefficient (Wildman–Crippen LogP) is 1.46. The molecule has 0 rings (SSSR count). The fourth-order valence-corrected chi connectivity index (χ4v) is 1.75. The van der Waals surface area contributed by atoms with E-state index in [9.17, 15) is 0 Å². The van der Waals surface area contributed by atoms with Gasteiger partial charge in [-0.25, -0.2) is 0 Å². The molecule has 24 heavy (non-hydrogen) atoms. The molecule has 0 fully saturated rings. The molecule has 0 saturated carbocycles. The molecule has 0 spiro atoms. The molecule has 0 aromatic carbocycles. The predicted molar refractivity (Wildman–Crippen MR) is 86.5 cm³/mol. The molecule has 0 amide bonds. The first-order valence-corrected chi connectivity index (χ1v) is 10.1. The normalized spacial score (nSPS) is 10.1. The Balaban J connectivity index is 0. The Labute approximate surface area is 155 Å². The van der Waals surface area contributed by atoms with Crippen molar-refractivity contribution in [3.63, 3.8) is 0 Å². The molecule has 0 aromatic heterocycles. The number of aliphatic hydroxyl groups is 2. The third-order valence-electron chi connectivity index (χ3n) is 3.05. The average Bonchev–Trinajstić information content (AvgIpc) is 2.58. The quantitative estimate of drug-likeness (QED) is 0.242. The van der Waals surface area contributed by atoms with E-state index in [1.807, 2.05) is 0 Å². The second kappa shape index (κ2) is 28.1. The van der Waals surface area contributed by atoms with Crippen LogP contribution in [0.2, 0.25) is 0 Å². The Hall–Kier alpha value is 0.274. The summed E-state index contributed by atoms with van der Waals surface area (Å²) in [7, 11) is 0. The molecule has 3 N–H and O–H groups in total. The molecular formula is C16H35O7Ti. The third-order valence-corrected chi connectivity index (χ3v) is 3.05. The monoisotopic (exact) mass is 387 g/mol. The van der Waals surface area contributed by atoms with Crippen LogP contribution < -0.4 is 0 Å². The van der Waals surface area contributed by atoms with Crippen molar-refractivity contribution >= 4 is 0 Å². The first-order chi connectivity index (χ1) is 11.8. The molecule has 0 heterocycles. The third kappa shape index (κ3) is 30.2. The molecule has 0 aliphatic rings. The van der Waals surface area contributed by atoms with Crippen molar-refractivity contribution in [1.29, 1.82) is 0 Å². The molecule has 0 aromatic rings. The van der Waals surface area contributed by atoms with Gasteiger partial charge in [-0.2, -0.15) is 0 Å². The van der Waals surface area contributed by atoms with Crippen molar-refractivity contribution in [2.24, 2.45) is 0 Å². The molecular weight excluding hydrogens is 352 g/mol. The number of aliphatic hydroxyl groups excluding tert-OH is 2. The van der Waals surface area contributed by atoms with E-state index in [1.165, 1.54) is 0 Å². The fraction of sp³-hybridized carbons (Fsp3) is 1.00. The van der Waals surface area contributed by atoms with Gasteiger partial charge in [0.1, 0.15) is 0 Å². The van der Waals surface area contributed by atoms with E-state index >= 15 is 0 Å². The number of ether oxygens (including phenoxy) is 3. The average molecular weight is 387 g/mol. The molecule has 7 nitrogen and oxygen atoms in total. The Morgan fingerprint density at radius 2 is 0.750 bits per heavy atom. The van der Waals surface area contributed by atoms with Gasteiger partial charge in [-0.1, -0.05) is 0 Å². The van der Waals surface area contributed by atoms with E-state index in [1.54, 1.807) is 0 Å². The summed E-state index contributed by atoms with van der Waals surface area (Å²) in [6, 6.07) is 0. The van der Waals surface area contributed by atoms with Crippen LogP contribution in [0.25, 0.3) is 0 Å². The first kappa shape index (κ1) is 26.5. The van der Waals surface area contributed by atoms with Gasteiger partial charge in [-0.15, -0.1) is 0 Å². The van der Waals surface area contributed by atoms with Crippen molar-refractivity contribution < 1.29 is 50.9 Å². The zero-order valence-corrected chi connectivity index (χ0v) is 16.3. The zero-order valence-electron chi connectivity index (χ0n) is 14.8. The molecule has 8 heteroatoms. The van der Waals surface area contributed by atoms with Crippen molar-refractivity contribution in [3.05, 3.63) is 0 Å². The van der Waals surface area contributed by atoms with Gasteiger partial charge in [0, 0.05) is 52.9 Å². The van der Waals surface area contributed by atoms with E-state index in [4.69, 9.17) is 31.4 Å². The summed E-state index contributed by atoms with van der Waals surface area (Å²) in [5.74, 6) is 0. The zero-order chi connectivity index (χ0) is 18.1. The van der Waals surface area contributed by atoms with Crippen molar-refractivity contribution in [2.45, 2.75) is 51.4 Å². The second-order valence-electron chi connectivity index (χ2n) is 5.20. The summed E-state index contributed by atoms with van der Waals surface area (Å²) in [6.07, 6.45) is 7.68. The van der Waals surface area contributed by atoms with Crippen molar-refractivity contribution in [2.75, 3.05) is 52.9 Å². The molecule has 0 aliphatic heterocycles. The first-order valence-electron chi connectivity index (χ1n) is 8.79. The van der Waals surface area contributed by atoms with E-state index < -0.39 is 19.5 Å². The van der Waals surface area contributed by atoms with Crippen LogP contribution in [0.15, 0.2) is 0 Å². The van der Waals surface area contributed by atoms with E-state index in [0.717, 1.165) is 91.0 Å². The number of hydrogen-bond acceptors (Lipinski definition) is 6. The SMILES string of the molecule is OCCCCOCCCCOCCCCOCCCCO.[O]=[Ti][OH]. The second-order valence-corrected chi connectivity index (χ2v) is 5.49. The van der Waals surface area contributed by atoms with Gasteiger partial charge in [0.2, 0.25) is 0 Å². The van der Waals surface area contributed by atoms with Crippen LogP contribution >= 0.6 is 0 Å². The van der Waals surface area contributed by atoms with Gasteiger partial charge in [0.05, 0.1) is 0 Å². The summed E-state index contributed by atoms with van der Waals surface area (Å²) in [6.45, 7) is 5.19. The van der Waals surface area contributed by atoms with E-state index in [2.05, 4.69) is 0 Å². The number of unbranched alkanes of at least 4 members (excludes halogenated alkanes) is 4. The molecule has 0 unspecified atom stereocenters. The van der Waals surface area contributed by atoms with Crippen LogP contribution in [0.3, 0.4) is 0 Å². The van der Waals surface area contributed by atoms with Gasteiger partial charge in [-0.3, -0.25) is 0 Å². The maximum atomic E-state index is 8.61. The summed E-state index contributed by atoms with van der Waals surface area (Å²) < 4.78 is 32.2. The summed E-state index contributed by atoms with van der Waals surface area (Å²) in [5.41, 5.74) is 0. The molecule has 145 valence electrons. The van der Waals surface area contributed by atoms with Crippen LogP contribution in [-0.4, -0.2) is 66.8 Å². The molecule has 0 saturated heterocycles. The van der Waals surface area contributed by atoms with Crippen LogP contribution in [0.1, 0.15) is 51.4 Å². The number of rotatable bonds is 18. The van der Waals surface area contributed by atoms with Crippen LogP contribution in [0.4, 0.5) is 0 Å². The Morgan fingerprint density at radius 3 is 0.958 bits per heavy atom. The standard InChI is InChI=1S/C16H34O5.H2O.O.Ti/c17-9-1-3-11-19-13-5-7-15-21-16-8-6-14-20-12-4-2-10-18;;;/h17-18H,1-16H2;1H2;;/q;;;+1/p-1. The molecule has 0 atom stereocenters. The van der Waals surface area contributed by atoms with Gasteiger partial charge < -0.3 is 24.4 Å². The fourth-order valence-electron chi connectivity index (χ4n) is 1.75. The summed E-state index contributed by atoms with van der Waals surface area (Å²) in [5, 5.41) is 17.2. The van der Waals surface area contributed by atoms with E-state index in [0.29, 0.717) is 0 Å². The molecule has 0 radical (unpaired) electrons. The van der Waals surface area contributed by atoms with Crippen LogP contribution in [0.5, 0.6) is 0 Å². The Morgan fingerprint density at radius 1 is 0.542 bits per heavy atom. The van der Waals surface area contributed by atoms with Crippen molar-refractivity contribution in [1.82, 2.24) is 0 Å². The van der Waals surface area contributed by atoms with E-state index in [-0.39, 0.29) is 13.2 Å². The van der Waals surface area contributed by atoms with Gasteiger partial charge >= 0.3 is 26.5 Å². The minimum absolute atomic E-state index is 0.255. The van der Waals surface area contributed by atoms with Crippen LogP contribution in [-0.2, 0) is 37.0 Å². The number of hydrogen-bond donors (Lipinski definition) is 3. The van der Waals surface area contributed by atoms with Gasteiger partial charge in [0.15, 0.2) is 0 Å². The minimum atomic E-state index is -1.75. The maximum absolute atomic E-state index is 8.61.